The summed E-state index contributed by atoms with van der Waals surface area (Å²) in [7, 11) is -3.58. The highest BCUT2D eigenvalue weighted by atomic mass is 32.2. The van der Waals surface area contributed by atoms with Crippen molar-refractivity contribution in [1.29, 1.82) is 0 Å². The van der Waals surface area contributed by atoms with E-state index in [-0.39, 0.29) is 11.1 Å². The van der Waals surface area contributed by atoms with Gasteiger partial charge < -0.3 is 9.73 Å². The van der Waals surface area contributed by atoms with Crippen LogP contribution in [0.2, 0.25) is 0 Å². The molecule has 0 amide bonds. The number of benzene rings is 1. The maximum absolute atomic E-state index is 12.0. The lowest BCUT2D eigenvalue weighted by atomic mass is 9.95. The zero-order valence-corrected chi connectivity index (χ0v) is 11.7. The van der Waals surface area contributed by atoms with E-state index in [0.29, 0.717) is 6.54 Å². The summed E-state index contributed by atoms with van der Waals surface area (Å²) in [6.07, 6.45) is 2.32. The summed E-state index contributed by atoms with van der Waals surface area (Å²) >= 11 is 0. The molecule has 0 radical (unpaired) electrons. The van der Waals surface area contributed by atoms with Crippen molar-refractivity contribution in [3.63, 3.8) is 0 Å². The Morgan fingerprint density at radius 3 is 2.90 bits per heavy atom. The molecule has 0 saturated carbocycles. The highest BCUT2D eigenvalue weighted by Gasteiger charge is 2.23. The quantitative estimate of drug-likeness (QED) is 0.894. The van der Waals surface area contributed by atoms with Crippen LogP contribution in [-0.4, -0.2) is 21.5 Å². The molecule has 2 aromatic rings. The monoisotopic (exact) mass is 292 g/mol. The Morgan fingerprint density at radius 2 is 2.10 bits per heavy atom. The van der Waals surface area contributed by atoms with Gasteiger partial charge >= 0.3 is 0 Å². The minimum atomic E-state index is -3.58. The van der Waals surface area contributed by atoms with E-state index >= 15 is 0 Å². The topological polar surface area (TPSA) is 71.3 Å². The third-order valence-corrected chi connectivity index (χ3v) is 4.76. The predicted molar refractivity (Wildman–Crippen MR) is 74.8 cm³/mol. The molecule has 1 aliphatic rings. The van der Waals surface area contributed by atoms with Crippen LogP contribution in [0, 0.1) is 0 Å². The van der Waals surface area contributed by atoms with Gasteiger partial charge in [-0.3, -0.25) is 0 Å². The molecule has 106 valence electrons. The number of sulfonamides is 1. The summed E-state index contributed by atoms with van der Waals surface area (Å²) in [4.78, 5) is 0. The molecule has 0 saturated heterocycles. The fraction of sp³-hybridized carbons (Fsp3) is 0.286. The number of nitrogens with one attached hydrogen (secondary N) is 2. The van der Waals surface area contributed by atoms with Gasteiger partial charge in [0.15, 0.2) is 0 Å². The van der Waals surface area contributed by atoms with Crippen LogP contribution >= 0.6 is 0 Å². The molecule has 0 aliphatic carbocycles. The molecule has 1 atom stereocenters. The predicted octanol–water partition coefficient (Wildman–Crippen LogP) is 1.44. The highest BCUT2D eigenvalue weighted by Crippen LogP contribution is 2.22. The van der Waals surface area contributed by atoms with Crippen LogP contribution in [-0.2, 0) is 16.4 Å². The second-order valence-corrected chi connectivity index (χ2v) is 6.44. The van der Waals surface area contributed by atoms with Crippen molar-refractivity contribution in [2.24, 2.45) is 0 Å². The lowest BCUT2D eigenvalue weighted by Gasteiger charge is -2.26. The summed E-state index contributed by atoms with van der Waals surface area (Å²) in [5, 5.41) is 3.28. The Bertz CT molecular complexity index is 680. The standard InChI is InChI=1S/C14H16N2O3S/c17-20(18,14-6-3-9-19-14)16-10-13-12-5-2-1-4-11(12)7-8-15-13/h1-6,9,13,15-16H,7-8,10H2. The Labute approximate surface area is 118 Å². The van der Waals surface area contributed by atoms with E-state index in [0.717, 1.165) is 18.5 Å². The van der Waals surface area contributed by atoms with E-state index in [1.807, 2.05) is 18.2 Å². The van der Waals surface area contributed by atoms with Crippen molar-refractivity contribution in [2.75, 3.05) is 13.1 Å². The van der Waals surface area contributed by atoms with Gasteiger partial charge in [-0.1, -0.05) is 24.3 Å². The molecule has 1 aliphatic heterocycles. The van der Waals surface area contributed by atoms with Gasteiger partial charge in [-0.15, -0.1) is 0 Å². The van der Waals surface area contributed by atoms with Gasteiger partial charge in [0.05, 0.1) is 6.26 Å². The number of hydrogen-bond donors (Lipinski definition) is 2. The van der Waals surface area contributed by atoms with E-state index in [9.17, 15) is 8.42 Å². The molecule has 1 aromatic carbocycles. The Morgan fingerprint density at radius 1 is 1.25 bits per heavy atom. The fourth-order valence-electron chi connectivity index (χ4n) is 2.46. The van der Waals surface area contributed by atoms with Crippen molar-refractivity contribution < 1.29 is 12.8 Å². The lowest BCUT2D eigenvalue weighted by Crippen LogP contribution is -2.38. The summed E-state index contributed by atoms with van der Waals surface area (Å²) in [5.41, 5.74) is 2.43. The largest absolute Gasteiger partial charge is 0.452 e. The second-order valence-electron chi connectivity index (χ2n) is 4.74. The molecule has 0 fully saturated rings. The molecular weight excluding hydrogens is 276 g/mol. The number of furan rings is 1. The van der Waals surface area contributed by atoms with Gasteiger partial charge in [-0.05, 0) is 36.2 Å². The van der Waals surface area contributed by atoms with Crippen LogP contribution in [0.15, 0.2) is 52.2 Å². The first kappa shape index (κ1) is 13.4. The van der Waals surface area contributed by atoms with Gasteiger partial charge in [0.1, 0.15) is 0 Å². The first-order valence-electron chi connectivity index (χ1n) is 6.51. The molecule has 2 heterocycles. The lowest BCUT2D eigenvalue weighted by molar-refractivity contribution is 0.439. The minimum absolute atomic E-state index is 0.00955. The van der Waals surface area contributed by atoms with Crippen molar-refractivity contribution >= 4 is 10.0 Å². The molecule has 3 rings (SSSR count). The third-order valence-electron chi connectivity index (χ3n) is 3.45. The summed E-state index contributed by atoms with van der Waals surface area (Å²) in [6, 6.07) is 11.1. The van der Waals surface area contributed by atoms with Crippen LogP contribution in [0.4, 0.5) is 0 Å². The number of rotatable bonds is 4. The van der Waals surface area contributed by atoms with Gasteiger partial charge in [0.2, 0.25) is 5.09 Å². The zero-order chi connectivity index (χ0) is 14.0. The first-order valence-corrected chi connectivity index (χ1v) is 7.99. The maximum Gasteiger partial charge on any atom is 0.274 e. The molecular formula is C14H16N2O3S. The second kappa shape index (κ2) is 5.40. The summed E-state index contributed by atoms with van der Waals surface area (Å²) < 4.78 is 31.6. The van der Waals surface area contributed by atoms with Gasteiger partial charge in [0.25, 0.3) is 10.0 Å². The summed E-state index contributed by atoms with van der Waals surface area (Å²) in [5.74, 6) is 0. The van der Waals surface area contributed by atoms with Crippen LogP contribution in [0.3, 0.4) is 0 Å². The van der Waals surface area contributed by atoms with Gasteiger partial charge in [0, 0.05) is 12.6 Å². The molecule has 5 nitrogen and oxygen atoms in total. The molecule has 20 heavy (non-hydrogen) atoms. The van der Waals surface area contributed by atoms with E-state index in [2.05, 4.69) is 16.1 Å². The molecule has 1 aromatic heterocycles. The van der Waals surface area contributed by atoms with Crippen LogP contribution in [0.25, 0.3) is 0 Å². The molecule has 1 unspecified atom stereocenters. The zero-order valence-electron chi connectivity index (χ0n) is 10.9. The van der Waals surface area contributed by atoms with Crippen LogP contribution in [0.1, 0.15) is 17.2 Å². The average molecular weight is 292 g/mol. The van der Waals surface area contributed by atoms with Crippen molar-refractivity contribution in [3.8, 4) is 0 Å². The third kappa shape index (κ3) is 2.63. The molecule has 0 bridgehead atoms. The average Bonchev–Trinajstić information content (AvgIpc) is 3.00. The Hall–Kier alpha value is -1.63. The Kier molecular flexibility index (Phi) is 3.60. The van der Waals surface area contributed by atoms with Crippen LogP contribution < -0.4 is 10.0 Å². The number of fused-ring (bicyclic) bond motifs is 1. The van der Waals surface area contributed by atoms with Gasteiger partial charge in [-0.2, -0.15) is 0 Å². The SMILES string of the molecule is O=S(=O)(NCC1NCCc2ccccc21)c1ccco1. The van der Waals surface area contributed by atoms with Crippen molar-refractivity contribution in [1.82, 2.24) is 10.0 Å². The van der Waals surface area contributed by atoms with E-state index < -0.39 is 10.0 Å². The van der Waals surface area contributed by atoms with Crippen molar-refractivity contribution in [2.45, 2.75) is 17.6 Å². The van der Waals surface area contributed by atoms with E-state index in [1.54, 1.807) is 6.07 Å². The normalized spacial score (nSPS) is 18.7. The van der Waals surface area contributed by atoms with Gasteiger partial charge in [-0.25, -0.2) is 13.1 Å². The molecule has 6 heteroatoms. The van der Waals surface area contributed by atoms with E-state index in [4.69, 9.17) is 4.42 Å². The molecule has 2 N–H and O–H groups in total. The Balaban J connectivity index is 1.74. The smallest absolute Gasteiger partial charge is 0.274 e. The fourth-order valence-corrected chi connectivity index (χ4v) is 3.42. The summed E-state index contributed by atoms with van der Waals surface area (Å²) in [6.45, 7) is 1.16. The first-order chi connectivity index (χ1) is 9.67. The van der Waals surface area contributed by atoms with Crippen molar-refractivity contribution in [3.05, 3.63) is 53.8 Å². The van der Waals surface area contributed by atoms with E-state index in [1.165, 1.54) is 17.9 Å². The highest BCUT2D eigenvalue weighted by molar-refractivity contribution is 7.89. The number of hydrogen-bond acceptors (Lipinski definition) is 4. The van der Waals surface area contributed by atoms with Crippen LogP contribution in [0.5, 0.6) is 0 Å². The maximum atomic E-state index is 12.0. The minimum Gasteiger partial charge on any atom is -0.452 e. The molecule has 0 spiro atoms.